The molecule has 1 fully saturated rings. The maximum atomic E-state index is 12.1. The monoisotopic (exact) mass is 278 g/mol. The smallest absolute Gasteiger partial charge is 0.251 e. The Morgan fingerprint density at radius 2 is 2.19 bits per heavy atom. The first-order valence-corrected chi connectivity index (χ1v) is 6.85. The molecular weight excluding hydrogens is 264 g/mol. The average molecular weight is 278 g/mol. The van der Waals surface area contributed by atoms with Gasteiger partial charge >= 0.3 is 0 Å². The van der Waals surface area contributed by atoms with Crippen LogP contribution in [0.1, 0.15) is 46.1 Å². The molecule has 5 nitrogen and oxygen atoms in total. The van der Waals surface area contributed by atoms with E-state index in [1.807, 2.05) is 12.1 Å². The molecule has 0 spiro atoms. The van der Waals surface area contributed by atoms with Crippen LogP contribution >= 0.6 is 0 Å². The molecule has 1 amide bonds. The van der Waals surface area contributed by atoms with Crippen molar-refractivity contribution in [1.29, 1.82) is 5.26 Å². The Hall–Kier alpha value is -2.74. The fraction of sp³-hybridized carbons (Fsp3) is 0.250. The SMILES string of the molecule is N#Cc1cccc(C(=O)NCc2cc(C3CC3)ncn2)c1. The summed E-state index contributed by atoms with van der Waals surface area (Å²) in [5.41, 5.74) is 2.81. The van der Waals surface area contributed by atoms with Crippen molar-refractivity contribution >= 4 is 5.91 Å². The molecule has 5 heteroatoms. The summed E-state index contributed by atoms with van der Waals surface area (Å²) in [5, 5.41) is 11.7. The Bertz CT molecular complexity index is 716. The molecule has 3 rings (SSSR count). The summed E-state index contributed by atoms with van der Waals surface area (Å²) in [6.07, 6.45) is 3.92. The highest BCUT2D eigenvalue weighted by molar-refractivity contribution is 5.94. The Kier molecular flexibility index (Phi) is 3.61. The highest BCUT2D eigenvalue weighted by Gasteiger charge is 2.25. The first-order chi connectivity index (χ1) is 10.3. The number of hydrogen-bond donors (Lipinski definition) is 1. The Morgan fingerprint density at radius 1 is 1.33 bits per heavy atom. The number of nitrogens with one attached hydrogen (secondary N) is 1. The molecule has 21 heavy (non-hydrogen) atoms. The number of rotatable bonds is 4. The number of hydrogen-bond acceptors (Lipinski definition) is 4. The van der Waals surface area contributed by atoms with Gasteiger partial charge in [0.15, 0.2) is 0 Å². The van der Waals surface area contributed by atoms with E-state index in [1.165, 1.54) is 12.8 Å². The highest BCUT2D eigenvalue weighted by atomic mass is 16.1. The van der Waals surface area contributed by atoms with Gasteiger partial charge in [-0.25, -0.2) is 9.97 Å². The van der Waals surface area contributed by atoms with Gasteiger partial charge in [0.2, 0.25) is 0 Å². The van der Waals surface area contributed by atoms with Crippen LogP contribution in [0.3, 0.4) is 0 Å². The number of benzene rings is 1. The zero-order chi connectivity index (χ0) is 14.7. The molecule has 0 saturated heterocycles. The molecule has 2 aromatic rings. The van der Waals surface area contributed by atoms with E-state index in [0.29, 0.717) is 23.6 Å². The minimum absolute atomic E-state index is 0.210. The average Bonchev–Trinajstić information content (AvgIpc) is 3.38. The third-order valence-electron chi connectivity index (χ3n) is 3.42. The maximum absolute atomic E-state index is 12.1. The molecule has 1 heterocycles. The third-order valence-corrected chi connectivity index (χ3v) is 3.42. The Labute approximate surface area is 122 Å². The van der Waals surface area contributed by atoms with Crippen LogP contribution in [-0.4, -0.2) is 15.9 Å². The zero-order valence-corrected chi connectivity index (χ0v) is 11.4. The van der Waals surface area contributed by atoms with Crippen LogP contribution in [0.15, 0.2) is 36.7 Å². The van der Waals surface area contributed by atoms with Gasteiger partial charge in [0.1, 0.15) is 6.33 Å². The molecular formula is C16H14N4O. The highest BCUT2D eigenvalue weighted by Crippen LogP contribution is 2.38. The van der Waals surface area contributed by atoms with Crippen LogP contribution in [0.25, 0.3) is 0 Å². The summed E-state index contributed by atoms with van der Waals surface area (Å²) in [6, 6.07) is 10.6. The van der Waals surface area contributed by atoms with Crippen LogP contribution in [0.4, 0.5) is 0 Å². The lowest BCUT2D eigenvalue weighted by molar-refractivity contribution is 0.0950. The fourth-order valence-corrected chi connectivity index (χ4v) is 2.12. The summed E-state index contributed by atoms with van der Waals surface area (Å²) >= 11 is 0. The van der Waals surface area contributed by atoms with Crippen LogP contribution in [0.5, 0.6) is 0 Å². The molecule has 0 atom stereocenters. The van der Waals surface area contributed by atoms with Crippen molar-refractivity contribution < 1.29 is 4.79 Å². The standard InChI is InChI=1S/C16H14N4O/c17-8-11-2-1-3-13(6-11)16(21)18-9-14-7-15(12-4-5-12)20-10-19-14/h1-3,6-7,10,12H,4-5,9H2,(H,18,21). The molecule has 0 unspecified atom stereocenters. The van der Waals surface area contributed by atoms with E-state index in [0.717, 1.165) is 11.4 Å². The number of aromatic nitrogens is 2. The van der Waals surface area contributed by atoms with Gasteiger partial charge in [0.05, 0.1) is 23.9 Å². The lowest BCUT2D eigenvalue weighted by Gasteiger charge is -2.06. The lowest BCUT2D eigenvalue weighted by Crippen LogP contribution is -2.23. The zero-order valence-electron chi connectivity index (χ0n) is 11.4. The molecule has 0 aliphatic heterocycles. The van der Waals surface area contributed by atoms with Crippen molar-refractivity contribution in [2.75, 3.05) is 0 Å². The van der Waals surface area contributed by atoms with Gasteiger partial charge in [-0.1, -0.05) is 6.07 Å². The van der Waals surface area contributed by atoms with Crippen LogP contribution in [-0.2, 0) is 6.54 Å². The van der Waals surface area contributed by atoms with Crippen molar-refractivity contribution in [3.05, 3.63) is 59.2 Å². The van der Waals surface area contributed by atoms with Gasteiger partial charge < -0.3 is 5.32 Å². The topological polar surface area (TPSA) is 78.7 Å². The van der Waals surface area contributed by atoms with E-state index in [4.69, 9.17) is 5.26 Å². The fourth-order valence-electron chi connectivity index (χ4n) is 2.12. The molecule has 1 aromatic heterocycles. The van der Waals surface area contributed by atoms with Crippen molar-refractivity contribution in [2.45, 2.75) is 25.3 Å². The van der Waals surface area contributed by atoms with Gasteiger partial charge in [-0.3, -0.25) is 4.79 Å². The maximum Gasteiger partial charge on any atom is 0.251 e. The minimum atomic E-state index is -0.210. The van der Waals surface area contributed by atoms with Crippen molar-refractivity contribution in [1.82, 2.24) is 15.3 Å². The third kappa shape index (κ3) is 3.23. The molecule has 104 valence electrons. The van der Waals surface area contributed by atoms with E-state index in [-0.39, 0.29) is 5.91 Å². The van der Waals surface area contributed by atoms with E-state index in [9.17, 15) is 4.79 Å². The molecule has 1 aliphatic rings. The predicted molar refractivity (Wildman–Crippen MR) is 76.3 cm³/mol. The van der Waals surface area contributed by atoms with Gasteiger partial charge in [0.25, 0.3) is 5.91 Å². The molecule has 1 saturated carbocycles. The Balaban J connectivity index is 1.65. The second-order valence-corrected chi connectivity index (χ2v) is 5.08. The first-order valence-electron chi connectivity index (χ1n) is 6.85. The number of nitriles is 1. The van der Waals surface area contributed by atoms with E-state index >= 15 is 0 Å². The quantitative estimate of drug-likeness (QED) is 0.929. The van der Waals surface area contributed by atoms with E-state index < -0.39 is 0 Å². The second kappa shape index (κ2) is 5.71. The summed E-state index contributed by atoms with van der Waals surface area (Å²) in [5.74, 6) is 0.355. The lowest BCUT2D eigenvalue weighted by atomic mass is 10.1. The van der Waals surface area contributed by atoms with Crippen LogP contribution in [0.2, 0.25) is 0 Å². The second-order valence-electron chi connectivity index (χ2n) is 5.08. The molecule has 1 N–H and O–H groups in total. The van der Waals surface area contributed by atoms with Crippen molar-refractivity contribution in [2.24, 2.45) is 0 Å². The molecule has 0 radical (unpaired) electrons. The number of carbonyl (C=O) groups excluding carboxylic acids is 1. The van der Waals surface area contributed by atoms with Gasteiger partial charge in [0, 0.05) is 17.2 Å². The molecule has 1 aliphatic carbocycles. The summed E-state index contributed by atoms with van der Waals surface area (Å²) in [4.78, 5) is 20.5. The first kappa shape index (κ1) is 13.3. The number of nitrogens with zero attached hydrogens (tertiary/aromatic N) is 3. The van der Waals surface area contributed by atoms with Gasteiger partial charge in [-0.2, -0.15) is 5.26 Å². The number of amides is 1. The van der Waals surface area contributed by atoms with E-state index in [2.05, 4.69) is 15.3 Å². The summed E-state index contributed by atoms with van der Waals surface area (Å²) in [6.45, 7) is 0.359. The van der Waals surface area contributed by atoms with Crippen LogP contribution < -0.4 is 5.32 Å². The van der Waals surface area contributed by atoms with Gasteiger partial charge in [-0.05, 0) is 37.1 Å². The number of carbonyl (C=O) groups is 1. The molecule has 1 aromatic carbocycles. The predicted octanol–water partition coefficient (Wildman–Crippen LogP) is 2.16. The summed E-state index contributed by atoms with van der Waals surface area (Å²) < 4.78 is 0. The largest absolute Gasteiger partial charge is 0.346 e. The van der Waals surface area contributed by atoms with Gasteiger partial charge in [-0.15, -0.1) is 0 Å². The van der Waals surface area contributed by atoms with Crippen molar-refractivity contribution in [3.63, 3.8) is 0 Å². The van der Waals surface area contributed by atoms with Crippen LogP contribution in [0, 0.1) is 11.3 Å². The normalized spacial score (nSPS) is 13.5. The summed E-state index contributed by atoms with van der Waals surface area (Å²) in [7, 11) is 0. The minimum Gasteiger partial charge on any atom is -0.346 e. The van der Waals surface area contributed by atoms with E-state index in [1.54, 1.807) is 30.6 Å². The van der Waals surface area contributed by atoms with Crippen molar-refractivity contribution in [3.8, 4) is 6.07 Å². The molecule has 0 bridgehead atoms. The Morgan fingerprint density at radius 3 is 2.95 bits per heavy atom.